The second-order valence-corrected chi connectivity index (χ2v) is 6.23. The van der Waals surface area contributed by atoms with Crippen molar-refractivity contribution >= 4 is 10.2 Å². The van der Waals surface area contributed by atoms with Crippen LogP contribution in [0.15, 0.2) is 18.2 Å². The molecule has 0 saturated heterocycles. The van der Waals surface area contributed by atoms with Gasteiger partial charge in [0.15, 0.2) is 0 Å². The summed E-state index contributed by atoms with van der Waals surface area (Å²) in [7, 11) is -4.19. The molecule has 2 rings (SSSR count). The third kappa shape index (κ3) is 3.62. The molecule has 1 aliphatic rings. The summed E-state index contributed by atoms with van der Waals surface area (Å²) in [6.45, 7) is -1.55. The van der Waals surface area contributed by atoms with E-state index in [-0.39, 0.29) is 18.8 Å². The second-order valence-electron chi connectivity index (χ2n) is 4.48. The lowest BCUT2D eigenvalue weighted by atomic mass is 10.0. The summed E-state index contributed by atoms with van der Waals surface area (Å²) in [5.74, 6) is -0.00810. The van der Waals surface area contributed by atoms with E-state index in [2.05, 4.69) is 0 Å². The Balaban J connectivity index is 2.11. The first kappa shape index (κ1) is 15.1. The highest BCUT2D eigenvalue weighted by atomic mass is 32.2. The van der Waals surface area contributed by atoms with Gasteiger partial charge in [-0.15, -0.1) is 0 Å². The Kier molecular flexibility index (Phi) is 3.94. The number of phenols is 1. The number of aromatic hydroxyl groups is 1. The minimum Gasteiger partial charge on any atom is -0.508 e. The lowest BCUT2D eigenvalue weighted by Gasteiger charge is -2.28. The van der Waals surface area contributed by atoms with Gasteiger partial charge in [0.25, 0.3) is 10.2 Å². The van der Waals surface area contributed by atoms with Crippen molar-refractivity contribution in [3.63, 3.8) is 0 Å². The first-order valence-electron chi connectivity index (χ1n) is 5.80. The van der Waals surface area contributed by atoms with E-state index in [0.29, 0.717) is 12.0 Å². The number of rotatable bonds is 3. The van der Waals surface area contributed by atoms with Gasteiger partial charge < -0.3 is 5.11 Å². The molecule has 1 heterocycles. The number of phenolic OH excluding ortho intramolecular Hbond substituents is 1. The van der Waals surface area contributed by atoms with Crippen LogP contribution >= 0.6 is 0 Å². The zero-order chi connectivity index (χ0) is 15.0. The van der Waals surface area contributed by atoms with Crippen LogP contribution in [0.4, 0.5) is 13.2 Å². The van der Waals surface area contributed by atoms with Crippen LogP contribution in [0.5, 0.6) is 5.75 Å². The molecule has 1 aliphatic heterocycles. The van der Waals surface area contributed by atoms with Gasteiger partial charge in [0.2, 0.25) is 0 Å². The molecule has 0 aliphatic carbocycles. The number of hydrogen-bond donors (Lipinski definition) is 2. The summed E-state index contributed by atoms with van der Waals surface area (Å²) in [5.41, 5.74) is 1.47. The van der Waals surface area contributed by atoms with Gasteiger partial charge >= 0.3 is 6.18 Å². The maximum Gasteiger partial charge on any atom is 0.402 e. The minimum atomic E-state index is -4.60. The Morgan fingerprint density at radius 2 is 2.00 bits per heavy atom. The molecule has 0 radical (unpaired) electrons. The third-order valence-electron chi connectivity index (χ3n) is 2.96. The van der Waals surface area contributed by atoms with Gasteiger partial charge in [-0.05, 0) is 29.7 Å². The van der Waals surface area contributed by atoms with Gasteiger partial charge in [-0.2, -0.15) is 30.6 Å². The highest BCUT2D eigenvalue weighted by Crippen LogP contribution is 2.24. The molecular formula is C11H13F3N2O3S. The van der Waals surface area contributed by atoms with Gasteiger partial charge in [-0.3, -0.25) is 0 Å². The predicted octanol–water partition coefficient (Wildman–Crippen LogP) is 1.15. The third-order valence-corrected chi connectivity index (χ3v) is 4.46. The summed E-state index contributed by atoms with van der Waals surface area (Å²) in [6, 6.07) is 4.59. The molecule has 0 saturated carbocycles. The molecule has 0 aromatic heterocycles. The number of fused-ring (bicyclic) bond motifs is 1. The van der Waals surface area contributed by atoms with Crippen LogP contribution in [0.3, 0.4) is 0 Å². The molecule has 0 atom stereocenters. The summed E-state index contributed by atoms with van der Waals surface area (Å²) in [4.78, 5) is 0. The molecule has 1 aromatic carbocycles. The predicted molar refractivity (Wildman–Crippen MR) is 65.2 cm³/mol. The number of nitrogens with zero attached hydrogens (tertiary/aromatic N) is 1. The zero-order valence-electron chi connectivity index (χ0n) is 10.3. The Hall–Kier alpha value is -1.32. The van der Waals surface area contributed by atoms with Crippen molar-refractivity contribution in [2.75, 3.05) is 13.1 Å². The van der Waals surface area contributed by atoms with Crippen molar-refractivity contribution in [2.45, 2.75) is 19.1 Å². The smallest absolute Gasteiger partial charge is 0.402 e. The SMILES string of the molecule is O=S(=O)(NCC(F)(F)F)N1CCc2ccc(O)cc2C1. The van der Waals surface area contributed by atoms with E-state index < -0.39 is 22.9 Å². The fourth-order valence-corrected chi connectivity index (χ4v) is 3.16. The van der Waals surface area contributed by atoms with Crippen molar-refractivity contribution in [2.24, 2.45) is 0 Å². The van der Waals surface area contributed by atoms with E-state index in [1.807, 2.05) is 0 Å². The number of benzene rings is 1. The van der Waals surface area contributed by atoms with Crippen molar-refractivity contribution in [3.8, 4) is 5.75 Å². The van der Waals surface area contributed by atoms with Crippen LogP contribution in [0.25, 0.3) is 0 Å². The van der Waals surface area contributed by atoms with Crippen molar-refractivity contribution < 1.29 is 26.7 Å². The van der Waals surface area contributed by atoms with E-state index in [9.17, 15) is 26.7 Å². The van der Waals surface area contributed by atoms with E-state index in [0.717, 1.165) is 9.87 Å². The Labute approximate surface area is 114 Å². The van der Waals surface area contributed by atoms with Crippen LogP contribution in [0.1, 0.15) is 11.1 Å². The molecule has 20 heavy (non-hydrogen) atoms. The Bertz CT molecular complexity index is 601. The van der Waals surface area contributed by atoms with E-state index in [1.54, 1.807) is 6.07 Å². The molecule has 0 fully saturated rings. The minimum absolute atomic E-state index is 0.00810. The summed E-state index contributed by atoms with van der Waals surface area (Å²) >= 11 is 0. The monoisotopic (exact) mass is 310 g/mol. The first-order valence-corrected chi connectivity index (χ1v) is 7.24. The molecule has 0 amide bonds. The maximum absolute atomic E-state index is 12.1. The van der Waals surface area contributed by atoms with Crippen LogP contribution < -0.4 is 4.72 Å². The highest BCUT2D eigenvalue weighted by molar-refractivity contribution is 7.87. The highest BCUT2D eigenvalue weighted by Gasteiger charge is 2.33. The summed E-state index contributed by atoms with van der Waals surface area (Å²) in [6.07, 6.45) is -4.21. The first-order chi connectivity index (χ1) is 9.17. The van der Waals surface area contributed by atoms with E-state index >= 15 is 0 Å². The second kappa shape index (κ2) is 5.23. The average molecular weight is 310 g/mol. The van der Waals surface area contributed by atoms with E-state index in [1.165, 1.54) is 16.9 Å². The largest absolute Gasteiger partial charge is 0.508 e. The summed E-state index contributed by atoms with van der Waals surface area (Å²) in [5, 5.41) is 9.35. The van der Waals surface area contributed by atoms with Crippen LogP contribution in [0, 0.1) is 0 Å². The number of nitrogens with one attached hydrogen (secondary N) is 1. The molecule has 2 N–H and O–H groups in total. The maximum atomic E-state index is 12.1. The topological polar surface area (TPSA) is 69.6 Å². The lowest BCUT2D eigenvalue weighted by Crippen LogP contribution is -2.46. The van der Waals surface area contributed by atoms with E-state index in [4.69, 9.17) is 0 Å². The van der Waals surface area contributed by atoms with Gasteiger partial charge in [0.1, 0.15) is 12.3 Å². The normalized spacial score (nSPS) is 16.9. The number of halogens is 3. The average Bonchev–Trinajstić information content (AvgIpc) is 2.35. The van der Waals surface area contributed by atoms with Crippen LogP contribution in [-0.4, -0.2) is 37.1 Å². The molecular weight excluding hydrogens is 297 g/mol. The fourth-order valence-electron chi connectivity index (χ4n) is 1.99. The number of alkyl halides is 3. The van der Waals surface area contributed by atoms with Crippen molar-refractivity contribution in [3.05, 3.63) is 29.3 Å². The van der Waals surface area contributed by atoms with Gasteiger partial charge in [0, 0.05) is 13.1 Å². The Morgan fingerprint density at radius 3 is 2.65 bits per heavy atom. The molecule has 5 nitrogen and oxygen atoms in total. The molecule has 1 aromatic rings. The fraction of sp³-hybridized carbons (Fsp3) is 0.455. The van der Waals surface area contributed by atoms with Gasteiger partial charge in [-0.1, -0.05) is 6.07 Å². The van der Waals surface area contributed by atoms with Gasteiger partial charge in [0.05, 0.1) is 0 Å². The van der Waals surface area contributed by atoms with Gasteiger partial charge in [-0.25, -0.2) is 0 Å². The standard InChI is InChI=1S/C11H13F3N2O3S/c12-11(13,14)7-15-20(18,19)16-4-3-8-1-2-10(17)5-9(8)6-16/h1-2,5,15,17H,3-4,6-7H2. The Morgan fingerprint density at radius 1 is 1.30 bits per heavy atom. The number of hydrogen-bond acceptors (Lipinski definition) is 3. The van der Waals surface area contributed by atoms with Crippen molar-refractivity contribution in [1.29, 1.82) is 0 Å². The summed E-state index contributed by atoms with van der Waals surface area (Å²) < 4.78 is 62.2. The molecule has 0 bridgehead atoms. The molecule has 0 unspecified atom stereocenters. The lowest BCUT2D eigenvalue weighted by molar-refractivity contribution is -0.121. The quantitative estimate of drug-likeness (QED) is 0.880. The molecule has 112 valence electrons. The molecule has 9 heteroatoms. The molecule has 0 spiro atoms. The van der Waals surface area contributed by atoms with Crippen LogP contribution in [-0.2, 0) is 23.2 Å². The zero-order valence-corrected chi connectivity index (χ0v) is 11.1. The van der Waals surface area contributed by atoms with Crippen molar-refractivity contribution in [1.82, 2.24) is 9.03 Å². The van der Waals surface area contributed by atoms with Crippen LogP contribution in [0.2, 0.25) is 0 Å².